The van der Waals surface area contributed by atoms with Crippen molar-refractivity contribution in [3.8, 4) is 11.5 Å². The van der Waals surface area contributed by atoms with E-state index in [1.165, 1.54) is 0 Å². The van der Waals surface area contributed by atoms with Gasteiger partial charge in [0, 0.05) is 0 Å². The lowest BCUT2D eigenvalue weighted by Crippen LogP contribution is -2.03. The van der Waals surface area contributed by atoms with Crippen LogP contribution < -0.4 is 5.11 Å². The second kappa shape index (κ2) is 2.54. The van der Waals surface area contributed by atoms with Gasteiger partial charge in [-0.3, -0.25) is 5.11 Å². The van der Waals surface area contributed by atoms with Gasteiger partial charge in [-0.2, -0.15) is 4.39 Å². The molecule has 0 saturated heterocycles. The van der Waals surface area contributed by atoms with Crippen molar-refractivity contribution in [2.45, 2.75) is 0 Å². The fourth-order valence-corrected chi connectivity index (χ4v) is 0.591. The molecule has 0 fully saturated rings. The van der Waals surface area contributed by atoms with Gasteiger partial charge >= 0.3 is 0 Å². The number of hydrogen-bond acceptors (Lipinski definition) is 1. The lowest BCUT2D eigenvalue weighted by Gasteiger charge is -2.09. The summed E-state index contributed by atoms with van der Waals surface area (Å²) in [6.07, 6.45) is 0. The zero-order valence-corrected chi connectivity index (χ0v) is 5.33. The highest BCUT2D eigenvalue weighted by Gasteiger charge is 2.21. The Morgan fingerprint density at radius 3 is 1.75 bits per heavy atom. The summed E-state index contributed by atoms with van der Waals surface area (Å²) in [6.45, 7) is 0. The van der Waals surface area contributed by atoms with E-state index in [4.69, 9.17) is 0 Å². The normalized spacial score (nSPS) is 10.3. The molecule has 65 valence electrons. The van der Waals surface area contributed by atoms with Crippen LogP contribution in [0.1, 0.15) is 0 Å². The van der Waals surface area contributed by atoms with Crippen LogP contribution in [0.5, 0.6) is 11.5 Å². The van der Waals surface area contributed by atoms with Gasteiger partial charge in [-0.1, -0.05) is 0 Å². The van der Waals surface area contributed by atoms with Crippen LogP contribution >= 0.6 is 0 Å². The van der Waals surface area contributed by atoms with E-state index in [0.717, 1.165) is 0 Å². The van der Waals surface area contributed by atoms with E-state index in [1.54, 1.807) is 0 Å². The highest BCUT2D eigenvalue weighted by atomic mass is 19.2. The number of halogens is 4. The van der Waals surface area contributed by atoms with Crippen LogP contribution in [0.3, 0.4) is 0 Å². The van der Waals surface area contributed by atoms with E-state index >= 15 is 0 Å². The smallest absolute Gasteiger partial charge is 0.212 e. The molecule has 1 radical (unpaired) electrons. The lowest BCUT2D eigenvalue weighted by molar-refractivity contribution is -0.276. The van der Waals surface area contributed by atoms with Crippen molar-refractivity contribution in [3.05, 3.63) is 23.3 Å². The molecule has 0 aliphatic carbocycles. The van der Waals surface area contributed by atoms with Crippen molar-refractivity contribution in [3.63, 3.8) is 0 Å². The summed E-state index contributed by atoms with van der Waals surface area (Å²) in [5.74, 6) is -12.9. The summed E-state index contributed by atoms with van der Waals surface area (Å²) in [5, 5.41) is 20.5. The van der Waals surface area contributed by atoms with Crippen molar-refractivity contribution in [2.75, 3.05) is 0 Å². The Morgan fingerprint density at radius 1 is 0.833 bits per heavy atom. The van der Waals surface area contributed by atoms with Gasteiger partial charge in [-0.15, -0.1) is 0 Å². The van der Waals surface area contributed by atoms with Gasteiger partial charge in [0.1, 0.15) is 0 Å². The van der Waals surface area contributed by atoms with Gasteiger partial charge in [0.25, 0.3) is 0 Å². The molecular formula is C6F4O2-. The summed E-state index contributed by atoms with van der Waals surface area (Å²) < 4.78 is 48.5. The van der Waals surface area contributed by atoms with E-state index in [-0.39, 0.29) is 0 Å². The second-order valence-corrected chi connectivity index (χ2v) is 1.91. The van der Waals surface area contributed by atoms with E-state index in [9.17, 15) is 27.8 Å². The van der Waals surface area contributed by atoms with Crippen LogP contribution in [0.2, 0.25) is 0 Å². The molecule has 6 heteroatoms. The summed E-state index contributed by atoms with van der Waals surface area (Å²) in [7, 11) is 0. The summed E-state index contributed by atoms with van der Waals surface area (Å²) in [5.41, 5.74) is 0. The van der Waals surface area contributed by atoms with Gasteiger partial charge in [-0.25, -0.2) is 13.2 Å². The maximum atomic E-state index is 12.1. The summed E-state index contributed by atoms with van der Waals surface area (Å²) in [6, 6.07) is 0. The first-order chi connectivity index (χ1) is 5.46. The van der Waals surface area contributed by atoms with Crippen LogP contribution in [-0.4, -0.2) is 0 Å². The average Bonchev–Trinajstić information content (AvgIpc) is 2.08. The van der Waals surface area contributed by atoms with E-state index < -0.39 is 34.8 Å². The molecule has 0 saturated carbocycles. The van der Waals surface area contributed by atoms with Crippen LogP contribution in [0.25, 0.3) is 0 Å². The first kappa shape index (κ1) is 8.63. The van der Waals surface area contributed by atoms with E-state index in [1.807, 2.05) is 0 Å². The maximum absolute atomic E-state index is 12.1. The standard InChI is InChI=1S/C6HF4O2/c7-1-2(8)4(10)6(12)5(11)3(1)9/h11H/p-1. The van der Waals surface area contributed by atoms with Crippen molar-refractivity contribution >= 4 is 0 Å². The van der Waals surface area contributed by atoms with Crippen LogP contribution in [-0.2, 0) is 5.11 Å². The third kappa shape index (κ3) is 0.956. The molecule has 0 heterocycles. The molecule has 2 nitrogen and oxygen atoms in total. The molecule has 0 aliphatic heterocycles. The third-order valence-corrected chi connectivity index (χ3v) is 1.18. The zero-order chi connectivity index (χ0) is 9.46. The molecule has 0 aromatic heterocycles. The van der Waals surface area contributed by atoms with Crippen molar-refractivity contribution in [1.82, 2.24) is 0 Å². The van der Waals surface area contributed by atoms with Crippen molar-refractivity contribution in [1.29, 1.82) is 0 Å². The minimum Gasteiger partial charge on any atom is -0.868 e. The van der Waals surface area contributed by atoms with Crippen molar-refractivity contribution < 1.29 is 27.8 Å². The molecule has 0 spiro atoms. The van der Waals surface area contributed by atoms with E-state index in [0.29, 0.717) is 0 Å². The fourth-order valence-electron chi connectivity index (χ4n) is 0.591. The van der Waals surface area contributed by atoms with Gasteiger partial charge in [-0.05, 0) is 5.75 Å². The monoisotopic (exact) mass is 180 g/mol. The second-order valence-electron chi connectivity index (χ2n) is 1.91. The molecule has 0 unspecified atom stereocenters. The highest BCUT2D eigenvalue weighted by molar-refractivity contribution is 5.39. The van der Waals surface area contributed by atoms with Gasteiger partial charge in [0.2, 0.25) is 17.4 Å². The first-order valence-electron chi connectivity index (χ1n) is 2.66. The largest absolute Gasteiger partial charge is 0.868 e. The Balaban J connectivity index is 3.60. The third-order valence-electron chi connectivity index (χ3n) is 1.18. The Morgan fingerprint density at radius 2 is 1.25 bits per heavy atom. The maximum Gasteiger partial charge on any atom is 0.212 e. The van der Waals surface area contributed by atoms with Gasteiger partial charge < -0.3 is 5.11 Å². The number of hydrogen-bond donors (Lipinski definition) is 0. The number of benzene rings is 1. The molecule has 0 aliphatic rings. The molecule has 0 atom stereocenters. The molecule has 1 aromatic rings. The zero-order valence-electron chi connectivity index (χ0n) is 5.33. The van der Waals surface area contributed by atoms with Gasteiger partial charge in [0.05, 0.1) is 0 Å². The topological polar surface area (TPSA) is 43.0 Å². The minimum absolute atomic E-state index is 2.01. The SMILES string of the molecule is [O]c1c([O-])c(F)c(F)c(F)c1F. The highest BCUT2D eigenvalue weighted by Crippen LogP contribution is 2.32. The van der Waals surface area contributed by atoms with Crippen LogP contribution in [0, 0.1) is 23.3 Å². The lowest BCUT2D eigenvalue weighted by atomic mass is 10.2. The molecule has 0 bridgehead atoms. The molecule has 0 amide bonds. The first-order valence-corrected chi connectivity index (χ1v) is 2.66. The Kier molecular flexibility index (Phi) is 1.83. The van der Waals surface area contributed by atoms with Crippen molar-refractivity contribution in [2.24, 2.45) is 0 Å². The molecular weight excluding hydrogens is 180 g/mol. The summed E-state index contributed by atoms with van der Waals surface area (Å²) in [4.78, 5) is 0. The molecule has 0 N–H and O–H groups in total. The predicted molar refractivity (Wildman–Crippen MR) is 25.9 cm³/mol. The summed E-state index contributed by atoms with van der Waals surface area (Å²) >= 11 is 0. The quantitative estimate of drug-likeness (QED) is 0.338. The Hall–Kier alpha value is -1.46. The molecule has 1 aromatic carbocycles. The van der Waals surface area contributed by atoms with Crippen LogP contribution in [0.4, 0.5) is 17.6 Å². The fraction of sp³-hybridized carbons (Fsp3) is 0. The Bertz CT molecular complexity index is 232. The van der Waals surface area contributed by atoms with Gasteiger partial charge in [0.15, 0.2) is 11.6 Å². The molecule has 1 rings (SSSR count). The van der Waals surface area contributed by atoms with Crippen LogP contribution in [0.15, 0.2) is 0 Å². The Labute approximate surface area is 63.7 Å². The average molecular weight is 180 g/mol. The van der Waals surface area contributed by atoms with E-state index in [2.05, 4.69) is 0 Å². The minimum atomic E-state index is -2.27. The molecule has 12 heavy (non-hydrogen) atoms. The predicted octanol–water partition coefficient (Wildman–Crippen LogP) is 1.46. The number of rotatable bonds is 0.